The van der Waals surface area contributed by atoms with Crippen LogP contribution in [0.2, 0.25) is 0 Å². The largest absolute Gasteiger partial charge is 0.464 e. The molecule has 0 amide bonds. The van der Waals surface area contributed by atoms with Crippen LogP contribution in [0.4, 0.5) is 5.82 Å². The second kappa shape index (κ2) is 5.08. The summed E-state index contributed by atoms with van der Waals surface area (Å²) in [6, 6.07) is 8.17. The van der Waals surface area contributed by atoms with E-state index in [1.807, 2.05) is 25.1 Å². The van der Waals surface area contributed by atoms with Crippen molar-refractivity contribution in [2.75, 3.05) is 11.4 Å². The summed E-state index contributed by atoms with van der Waals surface area (Å²) in [7, 11) is 0. The van der Waals surface area contributed by atoms with Gasteiger partial charge in [-0.2, -0.15) is 0 Å². The molecule has 0 N–H and O–H groups in total. The van der Waals surface area contributed by atoms with Crippen molar-refractivity contribution in [1.82, 2.24) is 25.3 Å². The first-order chi connectivity index (χ1) is 10.7. The fraction of sp³-hybridized carbons (Fsp3) is 0.467. The standard InChI is InChI=1S/C15H18N6O/c1-10-7-8-20(12(9-10)13-4-3-11(2)22-13)15-6-5-14-16-18-19-21(14)17-15/h3-6,10,12H,7-9H2,1-2H3. The lowest BCUT2D eigenvalue weighted by Gasteiger charge is -2.38. The third-order valence-electron chi connectivity index (χ3n) is 4.30. The molecule has 0 aromatic carbocycles. The average Bonchev–Trinajstić information content (AvgIpc) is 3.15. The SMILES string of the molecule is Cc1ccc(C2CC(C)CCN2c2ccc3nnnn3n2)o1. The van der Waals surface area contributed by atoms with Gasteiger partial charge in [0.1, 0.15) is 11.5 Å². The van der Waals surface area contributed by atoms with Gasteiger partial charge in [0, 0.05) is 6.54 Å². The third-order valence-corrected chi connectivity index (χ3v) is 4.30. The predicted octanol–water partition coefficient (Wildman–Crippen LogP) is 2.40. The number of aromatic nitrogens is 5. The van der Waals surface area contributed by atoms with Crippen LogP contribution in [-0.2, 0) is 0 Å². The van der Waals surface area contributed by atoms with Crippen LogP contribution in [0, 0.1) is 12.8 Å². The first-order valence-corrected chi connectivity index (χ1v) is 7.59. The van der Waals surface area contributed by atoms with Crippen LogP contribution in [0.3, 0.4) is 0 Å². The molecule has 4 heterocycles. The van der Waals surface area contributed by atoms with Gasteiger partial charge < -0.3 is 9.32 Å². The Bertz CT molecular complexity index is 794. The monoisotopic (exact) mass is 298 g/mol. The minimum Gasteiger partial charge on any atom is -0.464 e. The first-order valence-electron chi connectivity index (χ1n) is 7.59. The van der Waals surface area contributed by atoms with Crippen molar-refractivity contribution in [3.05, 3.63) is 35.8 Å². The van der Waals surface area contributed by atoms with E-state index in [-0.39, 0.29) is 6.04 Å². The van der Waals surface area contributed by atoms with Crippen LogP contribution in [0.25, 0.3) is 5.65 Å². The minimum atomic E-state index is 0.207. The molecule has 3 aromatic rings. The molecule has 2 unspecified atom stereocenters. The van der Waals surface area contributed by atoms with Crippen molar-refractivity contribution in [1.29, 1.82) is 0 Å². The molecular formula is C15H18N6O. The summed E-state index contributed by atoms with van der Waals surface area (Å²) in [4.78, 5) is 2.29. The van der Waals surface area contributed by atoms with E-state index < -0.39 is 0 Å². The Labute approximate surface area is 127 Å². The van der Waals surface area contributed by atoms with Gasteiger partial charge >= 0.3 is 0 Å². The lowest BCUT2D eigenvalue weighted by Crippen LogP contribution is -2.37. The molecule has 0 radical (unpaired) electrons. The van der Waals surface area contributed by atoms with Gasteiger partial charge in [-0.05, 0) is 60.4 Å². The highest BCUT2D eigenvalue weighted by molar-refractivity contribution is 5.46. The molecule has 0 aliphatic carbocycles. The Balaban J connectivity index is 1.73. The van der Waals surface area contributed by atoms with Crippen molar-refractivity contribution < 1.29 is 4.42 Å². The zero-order valence-corrected chi connectivity index (χ0v) is 12.7. The first kappa shape index (κ1) is 13.2. The average molecular weight is 298 g/mol. The highest BCUT2D eigenvalue weighted by atomic mass is 16.3. The molecule has 0 bridgehead atoms. The van der Waals surface area contributed by atoms with Crippen molar-refractivity contribution >= 4 is 11.5 Å². The Hall–Kier alpha value is -2.44. The van der Waals surface area contributed by atoms with Crippen molar-refractivity contribution in [2.45, 2.75) is 32.7 Å². The lowest BCUT2D eigenvalue weighted by molar-refractivity contribution is 0.322. The number of furan rings is 1. The number of rotatable bonds is 2. The maximum Gasteiger partial charge on any atom is 0.200 e. The topological polar surface area (TPSA) is 72.4 Å². The number of aryl methyl sites for hydroxylation is 1. The minimum absolute atomic E-state index is 0.207. The maximum absolute atomic E-state index is 5.88. The molecule has 4 rings (SSSR count). The van der Waals surface area contributed by atoms with Crippen LogP contribution in [0.1, 0.15) is 37.3 Å². The number of fused-ring (bicyclic) bond motifs is 1. The Morgan fingerprint density at radius 3 is 2.95 bits per heavy atom. The van der Waals surface area contributed by atoms with E-state index in [1.54, 1.807) is 0 Å². The number of anilines is 1. The normalized spacial score (nSPS) is 22.4. The molecule has 1 saturated heterocycles. The molecule has 22 heavy (non-hydrogen) atoms. The quantitative estimate of drug-likeness (QED) is 0.723. The van der Waals surface area contributed by atoms with Gasteiger partial charge in [-0.25, -0.2) is 0 Å². The van der Waals surface area contributed by atoms with E-state index in [0.717, 1.165) is 36.7 Å². The number of hydrogen-bond acceptors (Lipinski definition) is 6. The predicted molar refractivity (Wildman–Crippen MR) is 80.5 cm³/mol. The van der Waals surface area contributed by atoms with Crippen molar-refractivity contribution in [2.24, 2.45) is 5.92 Å². The fourth-order valence-electron chi connectivity index (χ4n) is 3.11. The van der Waals surface area contributed by atoms with Gasteiger partial charge in [0.2, 0.25) is 0 Å². The highest BCUT2D eigenvalue weighted by Gasteiger charge is 2.31. The van der Waals surface area contributed by atoms with Gasteiger partial charge in [0.15, 0.2) is 11.5 Å². The van der Waals surface area contributed by atoms with Gasteiger partial charge in [-0.15, -0.1) is 14.8 Å². The lowest BCUT2D eigenvalue weighted by atomic mass is 9.91. The van der Waals surface area contributed by atoms with Gasteiger partial charge in [-0.1, -0.05) is 6.92 Å². The number of tetrazole rings is 1. The molecule has 114 valence electrons. The molecule has 1 aliphatic heterocycles. The third kappa shape index (κ3) is 2.22. The maximum atomic E-state index is 5.88. The van der Waals surface area contributed by atoms with Gasteiger partial charge in [0.25, 0.3) is 0 Å². The van der Waals surface area contributed by atoms with E-state index in [9.17, 15) is 0 Å². The van der Waals surface area contributed by atoms with E-state index in [4.69, 9.17) is 4.42 Å². The smallest absolute Gasteiger partial charge is 0.200 e. The summed E-state index contributed by atoms with van der Waals surface area (Å²) >= 11 is 0. The number of hydrogen-bond donors (Lipinski definition) is 0. The molecule has 0 spiro atoms. The van der Waals surface area contributed by atoms with E-state index >= 15 is 0 Å². The zero-order valence-electron chi connectivity index (χ0n) is 12.7. The molecule has 7 nitrogen and oxygen atoms in total. The molecule has 0 saturated carbocycles. The number of nitrogens with zero attached hydrogens (tertiary/aromatic N) is 6. The summed E-state index contributed by atoms with van der Waals surface area (Å²) < 4.78 is 7.35. The summed E-state index contributed by atoms with van der Waals surface area (Å²) in [6.07, 6.45) is 2.20. The van der Waals surface area contributed by atoms with E-state index in [1.165, 1.54) is 4.63 Å². The second-order valence-corrected chi connectivity index (χ2v) is 6.01. The highest BCUT2D eigenvalue weighted by Crippen LogP contribution is 2.37. The summed E-state index contributed by atoms with van der Waals surface area (Å²) in [5.41, 5.74) is 0.652. The molecule has 1 fully saturated rings. The molecule has 1 aliphatic rings. The van der Waals surface area contributed by atoms with Gasteiger partial charge in [0.05, 0.1) is 6.04 Å². The van der Waals surface area contributed by atoms with Crippen LogP contribution >= 0.6 is 0 Å². The van der Waals surface area contributed by atoms with Crippen molar-refractivity contribution in [3.63, 3.8) is 0 Å². The van der Waals surface area contributed by atoms with Crippen LogP contribution in [0.5, 0.6) is 0 Å². The summed E-state index contributed by atoms with van der Waals surface area (Å²) in [6.45, 7) is 5.22. The van der Waals surface area contributed by atoms with Gasteiger partial charge in [-0.3, -0.25) is 0 Å². The Morgan fingerprint density at radius 1 is 1.23 bits per heavy atom. The van der Waals surface area contributed by atoms with Crippen LogP contribution in [-0.4, -0.2) is 31.8 Å². The van der Waals surface area contributed by atoms with E-state index in [0.29, 0.717) is 11.6 Å². The summed E-state index contributed by atoms with van der Waals surface area (Å²) in [5, 5.41) is 16.0. The van der Waals surface area contributed by atoms with Crippen LogP contribution in [0.15, 0.2) is 28.7 Å². The summed E-state index contributed by atoms with van der Waals surface area (Å²) in [5.74, 6) is 3.49. The Morgan fingerprint density at radius 2 is 2.14 bits per heavy atom. The van der Waals surface area contributed by atoms with Crippen molar-refractivity contribution in [3.8, 4) is 0 Å². The molecule has 2 atom stereocenters. The second-order valence-electron chi connectivity index (χ2n) is 6.01. The van der Waals surface area contributed by atoms with E-state index in [2.05, 4.69) is 38.5 Å². The fourth-order valence-corrected chi connectivity index (χ4v) is 3.11. The zero-order chi connectivity index (χ0) is 15.1. The number of piperidine rings is 1. The molecule has 3 aromatic heterocycles. The molecular weight excluding hydrogens is 280 g/mol. The van der Waals surface area contributed by atoms with Crippen LogP contribution < -0.4 is 4.90 Å². The molecule has 7 heteroatoms. The Kier molecular flexibility index (Phi) is 3.06.